The minimum Gasteiger partial charge on any atom is -0.395 e. The molecule has 124 valence electrons. The van der Waals surface area contributed by atoms with Gasteiger partial charge in [-0.1, -0.05) is 95.6 Å². The topological polar surface area (TPSA) is 21.6 Å². The van der Waals surface area contributed by atoms with Gasteiger partial charge in [0.1, 0.15) is 6.61 Å². The lowest BCUT2D eigenvalue weighted by molar-refractivity contribution is 0.173. The van der Waals surface area contributed by atoms with E-state index in [1.807, 2.05) is 0 Å². The number of unbranched alkanes of at least 4 members (excludes halogenated alkanes) is 13. The Morgan fingerprint density at radius 3 is 1.62 bits per heavy atom. The van der Waals surface area contributed by atoms with E-state index in [2.05, 4.69) is 12.1 Å². The Morgan fingerprint density at radius 2 is 1.19 bits per heavy atom. The number of rotatable bonds is 15. The van der Waals surface area contributed by atoms with Crippen molar-refractivity contribution in [1.82, 2.24) is 0 Å². The molecule has 1 aliphatic heterocycles. The first-order chi connectivity index (χ1) is 10.4. The summed E-state index contributed by atoms with van der Waals surface area (Å²) in [5.41, 5.74) is 1.29. The summed E-state index contributed by atoms with van der Waals surface area (Å²) in [4.78, 5) is 5.01. The number of hydrogen-bond acceptors (Lipinski definition) is 2. The van der Waals surface area contributed by atoms with Crippen LogP contribution in [0, 0.1) is 0 Å². The monoisotopic (exact) mass is 295 g/mol. The molecule has 0 aromatic carbocycles. The third kappa shape index (κ3) is 11.8. The maximum atomic E-state index is 5.01. The summed E-state index contributed by atoms with van der Waals surface area (Å²) in [6.45, 7) is 3.10. The number of hydrogen-bond donors (Lipinski definition) is 0. The summed E-state index contributed by atoms with van der Waals surface area (Å²) in [6.07, 6.45) is 22.2. The molecule has 0 aromatic heterocycles. The van der Waals surface area contributed by atoms with E-state index in [-0.39, 0.29) is 0 Å². The van der Waals surface area contributed by atoms with Crippen molar-refractivity contribution in [1.29, 1.82) is 0 Å². The quantitative estimate of drug-likeness (QED) is 0.310. The van der Waals surface area contributed by atoms with Crippen molar-refractivity contribution in [2.75, 3.05) is 6.61 Å². The Kier molecular flexibility index (Phi) is 12.7. The van der Waals surface area contributed by atoms with Gasteiger partial charge in [0.25, 0.3) is 0 Å². The Hall–Kier alpha value is -0.530. The van der Waals surface area contributed by atoms with E-state index in [9.17, 15) is 0 Å². The smallest absolute Gasteiger partial charge is 0.122 e. The molecular weight excluding hydrogens is 258 g/mol. The molecule has 1 heterocycles. The fourth-order valence-corrected chi connectivity index (χ4v) is 3.04. The molecule has 0 spiro atoms. The Balaban J connectivity index is 1.67. The lowest BCUT2D eigenvalue weighted by atomic mass is 10.0. The number of oxime groups is 1. The first-order valence-electron chi connectivity index (χ1n) is 9.61. The average Bonchev–Trinajstić information content (AvgIpc) is 3.01. The molecule has 1 rings (SSSR count). The zero-order chi connectivity index (χ0) is 15.0. The molecular formula is C19H37NO. The van der Waals surface area contributed by atoms with Crippen molar-refractivity contribution in [2.24, 2.45) is 5.16 Å². The molecule has 0 aliphatic carbocycles. The summed E-state index contributed by atoms with van der Waals surface area (Å²) in [7, 11) is 0. The van der Waals surface area contributed by atoms with Crippen molar-refractivity contribution >= 4 is 5.71 Å². The third-order valence-electron chi connectivity index (χ3n) is 4.49. The molecule has 21 heavy (non-hydrogen) atoms. The fraction of sp³-hybridized carbons (Fsp3) is 0.947. The normalized spacial score (nSPS) is 14.2. The molecule has 1 aliphatic rings. The van der Waals surface area contributed by atoms with Crippen molar-refractivity contribution in [2.45, 2.75) is 110 Å². The van der Waals surface area contributed by atoms with Gasteiger partial charge in [-0.3, -0.25) is 0 Å². The summed E-state index contributed by atoms with van der Waals surface area (Å²) >= 11 is 0. The second-order valence-corrected chi connectivity index (χ2v) is 6.59. The maximum Gasteiger partial charge on any atom is 0.122 e. The Bertz CT molecular complexity index is 250. The van der Waals surface area contributed by atoms with Gasteiger partial charge in [-0.2, -0.15) is 0 Å². The van der Waals surface area contributed by atoms with Crippen LogP contribution in [0.5, 0.6) is 0 Å². The van der Waals surface area contributed by atoms with Crippen molar-refractivity contribution in [3.63, 3.8) is 0 Å². The van der Waals surface area contributed by atoms with E-state index in [1.54, 1.807) is 0 Å². The van der Waals surface area contributed by atoms with Gasteiger partial charge in [0.15, 0.2) is 0 Å². The summed E-state index contributed by atoms with van der Waals surface area (Å²) in [5.74, 6) is 0. The van der Waals surface area contributed by atoms with Crippen molar-refractivity contribution in [3.05, 3.63) is 0 Å². The summed E-state index contributed by atoms with van der Waals surface area (Å²) in [6, 6.07) is 0. The van der Waals surface area contributed by atoms with E-state index in [4.69, 9.17) is 4.84 Å². The van der Waals surface area contributed by atoms with Crippen LogP contribution in [0.3, 0.4) is 0 Å². The molecule has 0 amide bonds. The predicted molar refractivity (Wildman–Crippen MR) is 92.9 cm³/mol. The summed E-state index contributed by atoms with van der Waals surface area (Å²) < 4.78 is 0. The SMILES string of the molecule is CCCCCCCCCCCCCCCCC1=NOCC1. The third-order valence-corrected chi connectivity index (χ3v) is 4.49. The molecule has 0 saturated heterocycles. The molecule has 0 radical (unpaired) electrons. The van der Waals surface area contributed by atoms with Crippen LogP contribution < -0.4 is 0 Å². The van der Waals surface area contributed by atoms with Crippen LogP contribution in [0.4, 0.5) is 0 Å². The molecule has 0 bridgehead atoms. The predicted octanol–water partition coefficient (Wildman–Crippen LogP) is 6.63. The van der Waals surface area contributed by atoms with Gasteiger partial charge in [0.05, 0.1) is 5.71 Å². The van der Waals surface area contributed by atoms with Crippen LogP contribution >= 0.6 is 0 Å². The molecule has 0 atom stereocenters. The Labute approximate surface area is 132 Å². The van der Waals surface area contributed by atoms with E-state index in [0.717, 1.165) is 19.4 Å². The van der Waals surface area contributed by atoms with Crippen LogP contribution in [-0.2, 0) is 4.84 Å². The fourth-order valence-electron chi connectivity index (χ4n) is 3.04. The highest BCUT2D eigenvalue weighted by atomic mass is 16.6. The number of nitrogens with zero attached hydrogens (tertiary/aromatic N) is 1. The highest BCUT2D eigenvalue weighted by Crippen LogP contribution is 2.14. The van der Waals surface area contributed by atoms with Crippen molar-refractivity contribution in [3.8, 4) is 0 Å². The van der Waals surface area contributed by atoms with Gasteiger partial charge in [-0.25, -0.2) is 0 Å². The first kappa shape index (κ1) is 18.5. The highest BCUT2D eigenvalue weighted by Gasteiger charge is 2.06. The Morgan fingerprint density at radius 1 is 0.714 bits per heavy atom. The zero-order valence-electron chi connectivity index (χ0n) is 14.4. The lowest BCUT2D eigenvalue weighted by Crippen LogP contribution is -1.94. The minimum atomic E-state index is 0.813. The second kappa shape index (κ2) is 14.4. The van der Waals surface area contributed by atoms with Crippen LogP contribution in [0.1, 0.15) is 110 Å². The molecule has 0 fully saturated rings. The molecule has 0 N–H and O–H groups in total. The molecule has 2 nitrogen and oxygen atoms in total. The molecule has 0 saturated carbocycles. The van der Waals surface area contributed by atoms with E-state index < -0.39 is 0 Å². The van der Waals surface area contributed by atoms with Crippen LogP contribution in [0.2, 0.25) is 0 Å². The van der Waals surface area contributed by atoms with E-state index in [1.165, 1.54) is 95.6 Å². The van der Waals surface area contributed by atoms with Crippen LogP contribution in [0.25, 0.3) is 0 Å². The van der Waals surface area contributed by atoms with Gasteiger partial charge >= 0.3 is 0 Å². The lowest BCUT2D eigenvalue weighted by Gasteiger charge is -2.03. The molecule has 0 aromatic rings. The first-order valence-corrected chi connectivity index (χ1v) is 9.61. The zero-order valence-corrected chi connectivity index (χ0v) is 14.4. The van der Waals surface area contributed by atoms with E-state index in [0.29, 0.717) is 0 Å². The summed E-state index contributed by atoms with van der Waals surface area (Å²) in [5, 5.41) is 4.05. The van der Waals surface area contributed by atoms with Gasteiger partial charge in [0.2, 0.25) is 0 Å². The van der Waals surface area contributed by atoms with Crippen LogP contribution in [0.15, 0.2) is 5.16 Å². The van der Waals surface area contributed by atoms with E-state index >= 15 is 0 Å². The van der Waals surface area contributed by atoms with Gasteiger partial charge in [-0.15, -0.1) is 0 Å². The minimum absolute atomic E-state index is 0.813. The van der Waals surface area contributed by atoms with Crippen molar-refractivity contribution < 1.29 is 4.84 Å². The van der Waals surface area contributed by atoms with Crippen LogP contribution in [-0.4, -0.2) is 12.3 Å². The molecule has 0 unspecified atom stereocenters. The van der Waals surface area contributed by atoms with Gasteiger partial charge in [-0.05, 0) is 12.8 Å². The maximum absolute atomic E-state index is 5.01. The second-order valence-electron chi connectivity index (χ2n) is 6.59. The highest BCUT2D eigenvalue weighted by molar-refractivity contribution is 5.84. The standard InChI is InChI=1S/C19H37NO/c1-2-3-4-5-6-7-8-9-10-11-12-13-14-15-16-19-17-18-21-20-19/h2-18H2,1H3. The largest absolute Gasteiger partial charge is 0.395 e. The van der Waals surface area contributed by atoms with Gasteiger partial charge in [0, 0.05) is 6.42 Å². The molecule has 2 heteroatoms. The van der Waals surface area contributed by atoms with Gasteiger partial charge < -0.3 is 4.84 Å². The average molecular weight is 296 g/mol.